The van der Waals surface area contributed by atoms with Gasteiger partial charge in [0.15, 0.2) is 0 Å². The van der Waals surface area contributed by atoms with Crippen LogP contribution in [0.25, 0.3) is 0 Å². The number of nitrogens with zero attached hydrogens (tertiary/aromatic N) is 1. The average molecular weight is 376 g/mol. The molecule has 0 spiro atoms. The van der Waals surface area contributed by atoms with Crippen LogP contribution in [0, 0.1) is 40.9 Å². The zero-order chi connectivity index (χ0) is 18.9. The van der Waals surface area contributed by atoms with E-state index in [2.05, 4.69) is 52.2 Å². The third-order valence-corrected chi connectivity index (χ3v) is 10.4. The van der Waals surface area contributed by atoms with E-state index in [-0.39, 0.29) is 0 Å². The Morgan fingerprint density at radius 2 is 1.54 bits per heavy atom. The van der Waals surface area contributed by atoms with Crippen molar-refractivity contribution >= 4 is 8.07 Å². The normalized spacial score (nSPS) is 46.7. The van der Waals surface area contributed by atoms with Crippen molar-refractivity contribution in [2.45, 2.75) is 104 Å². The maximum Gasteiger partial charge on any atom is 0.0599 e. The molecule has 1 nitrogen and oxygen atoms in total. The van der Waals surface area contributed by atoms with Gasteiger partial charge in [-0.1, -0.05) is 60.2 Å². The molecular weight excluding hydrogens is 330 g/mol. The van der Waals surface area contributed by atoms with Crippen molar-refractivity contribution in [1.29, 1.82) is 0 Å². The van der Waals surface area contributed by atoms with Crippen molar-refractivity contribution in [2.75, 3.05) is 6.17 Å². The summed E-state index contributed by atoms with van der Waals surface area (Å²) in [5.41, 5.74) is 0.501. The summed E-state index contributed by atoms with van der Waals surface area (Å²) >= 11 is 0. The zero-order valence-corrected chi connectivity index (χ0v) is 19.7. The maximum absolute atomic E-state index is 3.16. The van der Waals surface area contributed by atoms with Crippen LogP contribution < -0.4 is 0 Å². The topological polar surface area (TPSA) is 3.24 Å². The van der Waals surface area contributed by atoms with Crippen LogP contribution in [-0.4, -0.2) is 31.2 Å². The van der Waals surface area contributed by atoms with Crippen molar-refractivity contribution in [1.82, 2.24) is 4.90 Å². The molecule has 8 unspecified atom stereocenters. The summed E-state index contributed by atoms with van der Waals surface area (Å²) in [5.74, 6) is 6.07. The lowest BCUT2D eigenvalue weighted by Crippen LogP contribution is -2.51. The minimum atomic E-state index is -1.06. The minimum Gasteiger partial charge on any atom is -0.299 e. The second-order valence-corrected chi connectivity index (χ2v) is 18.3. The van der Waals surface area contributed by atoms with E-state index in [0.717, 1.165) is 47.6 Å². The largest absolute Gasteiger partial charge is 0.299 e. The lowest BCUT2D eigenvalue weighted by molar-refractivity contribution is 0.0595. The molecule has 4 fully saturated rings. The van der Waals surface area contributed by atoms with Crippen molar-refractivity contribution in [3.8, 4) is 0 Å². The quantitative estimate of drug-likeness (QED) is 0.501. The van der Waals surface area contributed by atoms with Crippen LogP contribution in [0.15, 0.2) is 0 Å². The van der Waals surface area contributed by atoms with Gasteiger partial charge in [-0.15, -0.1) is 0 Å². The highest BCUT2D eigenvalue weighted by atomic mass is 28.3. The fourth-order valence-corrected chi connectivity index (χ4v) is 9.59. The molecule has 0 aromatic rings. The number of likely N-dealkylation sites (tertiary alicyclic amines) is 1. The van der Waals surface area contributed by atoms with Crippen molar-refractivity contribution in [3.05, 3.63) is 0 Å². The van der Waals surface area contributed by atoms with Gasteiger partial charge < -0.3 is 0 Å². The van der Waals surface area contributed by atoms with Crippen molar-refractivity contribution in [3.63, 3.8) is 0 Å². The first-order chi connectivity index (χ1) is 12.1. The fourth-order valence-electron chi connectivity index (χ4n) is 8.05. The molecule has 0 radical (unpaired) electrons. The van der Waals surface area contributed by atoms with E-state index in [0.29, 0.717) is 5.41 Å². The molecule has 150 valence electrons. The molecule has 1 saturated heterocycles. The third-order valence-electron chi connectivity index (χ3n) is 9.04. The Labute approximate surface area is 164 Å². The average Bonchev–Trinajstić information content (AvgIpc) is 3.00. The van der Waals surface area contributed by atoms with Gasteiger partial charge in [-0.3, -0.25) is 4.90 Å². The monoisotopic (exact) mass is 375 g/mol. The Bertz CT molecular complexity index is 515. The smallest absolute Gasteiger partial charge is 0.0599 e. The number of fused-ring (bicyclic) bond motifs is 5. The van der Waals surface area contributed by atoms with Gasteiger partial charge in [0.05, 0.1) is 8.07 Å². The Hall–Kier alpha value is 0.177. The summed E-state index contributed by atoms with van der Waals surface area (Å²) in [6, 6.07) is 1.89. The second kappa shape index (κ2) is 6.61. The van der Waals surface area contributed by atoms with Gasteiger partial charge in [0.1, 0.15) is 0 Å². The Morgan fingerprint density at radius 3 is 2.15 bits per heavy atom. The van der Waals surface area contributed by atoms with E-state index in [1.165, 1.54) is 38.3 Å². The summed E-state index contributed by atoms with van der Waals surface area (Å²) in [7, 11) is -1.06. The van der Waals surface area contributed by atoms with Crippen LogP contribution in [-0.2, 0) is 0 Å². The molecule has 0 amide bonds. The molecule has 4 aliphatic rings. The Morgan fingerprint density at radius 1 is 0.885 bits per heavy atom. The van der Waals surface area contributed by atoms with Crippen molar-refractivity contribution < 1.29 is 0 Å². The SMILES string of the molecule is CC1C2CCCCC2C2C1C1CC(C(C)(C)C)CCC1N2C[Si](C)(C)C. The molecule has 1 heterocycles. The molecule has 4 rings (SSSR count). The van der Waals surface area contributed by atoms with E-state index in [1.54, 1.807) is 12.8 Å². The van der Waals surface area contributed by atoms with Crippen LogP contribution >= 0.6 is 0 Å². The standard InChI is InChI=1S/C24H45NSi/c1-16-18-10-8-9-11-19(18)23-22(16)20-14-17(24(2,3)4)12-13-21(20)25(23)15-26(5,6)7/h16-23H,8-15H2,1-7H3. The summed E-state index contributed by atoms with van der Waals surface area (Å²) < 4.78 is 0. The van der Waals surface area contributed by atoms with Gasteiger partial charge in [0, 0.05) is 12.1 Å². The molecule has 3 saturated carbocycles. The summed E-state index contributed by atoms with van der Waals surface area (Å²) in [4.78, 5) is 3.16. The first-order valence-electron chi connectivity index (χ1n) is 11.8. The first-order valence-corrected chi connectivity index (χ1v) is 15.5. The predicted molar refractivity (Wildman–Crippen MR) is 116 cm³/mol. The molecule has 26 heavy (non-hydrogen) atoms. The first kappa shape index (κ1) is 19.5. The van der Waals surface area contributed by atoms with Crippen LogP contribution in [0.4, 0.5) is 0 Å². The Balaban J connectivity index is 1.66. The van der Waals surface area contributed by atoms with Crippen LogP contribution in [0.1, 0.15) is 72.6 Å². The van der Waals surface area contributed by atoms with Gasteiger partial charge in [-0.05, 0) is 79.2 Å². The summed E-state index contributed by atoms with van der Waals surface area (Å²) in [6.45, 7) is 18.0. The van der Waals surface area contributed by atoms with E-state index >= 15 is 0 Å². The highest BCUT2D eigenvalue weighted by Crippen LogP contribution is 2.61. The van der Waals surface area contributed by atoms with Gasteiger partial charge in [0.2, 0.25) is 0 Å². The third kappa shape index (κ3) is 3.25. The highest BCUT2D eigenvalue weighted by molar-refractivity contribution is 6.76. The predicted octanol–water partition coefficient (Wildman–Crippen LogP) is 6.45. The summed E-state index contributed by atoms with van der Waals surface area (Å²) in [6.07, 6.45) is 12.1. The molecule has 0 aromatic carbocycles. The molecule has 0 aromatic heterocycles. The Kier molecular flexibility index (Phi) is 4.96. The van der Waals surface area contributed by atoms with Gasteiger partial charge in [-0.2, -0.15) is 0 Å². The lowest BCUT2D eigenvalue weighted by Gasteiger charge is -2.45. The van der Waals surface area contributed by atoms with Crippen LogP contribution in [0.2, 0.25) is 19.6 Å². The van der Waals surface area contributed by atoms with E-state index < -0.39 is 8.07 Å². The van der Waals surface area contributed by atoms with Crippen molar-refractivity contribution in [2.24, 2.45) is 40.9 Å². The van der Waals surface area contributed by atoms with E-state index in [9.17, 15) is 0 Å². The minimum absolute atomic E-state index is 0.501. The molecular formula is C24H45NSi. The molecule has 8 atom stereocenters. The van der Waals surface area contributed by atoms with Crippen LogP contribution in [0.5, 0.6) is 0 Å². The number of hydrogen-bond acceptors (Lipinski definition) is 1. The molecule has 2 heteroatoms. The van der Waals surface area contributed by atoms with E-state index in [4.69, 9.17) is 0 Å². The highest BCUT2D eigenvalue weighted by Gasteiger charge is 2.61. The molecule has 0 N–H and O–H groups in total. The summed E-state index contributed by atoms with van der Waals surface area (Å²) in [5, 5.41) is 0. The van der Waals surface area contributed by atoms with Gasteiger partial charge >= 0.3 is 0 Å². The molecule has 0 bridgehead atoms. The second-order valence-electron chi connectivity index (χ2n) is 12.9. The lowest BCUT2D eigenvalue weighted by atomic mass is 9.64. The maximum atomic E-state index is 3.16. The number of rotatable bonds is 2. The van der Waals surface area contributed by atoms with Crippen LogP contribution in [0.3, 0.4) is 0 Å². The molecule has 1 aliphatic heterocycles. The van der Waals surface area contributed by atoms with E-state index in [1.807, 2.05) is 0 Å². The van der Waals surface area contributed by atoms with Gasteiger partial charge in [-0.25, -0.2) is 0 Å². The fraction of sp³-hybridized carbons (Fsp3) is 1.00. The molecule has 3 aliphatic carbocycles. The van der Waals surface area contributed by atoms with Gasteiger partial charge in [0.25, 0.3) is 0 Å². The zero-order valence-electron chi connectivity index (χ0n) is 18.7. The number of hydrogen-bond donors (Lipinski definition) is 0.